The van der Waals surface area contributed by atoms with Gasteiger partial charge in [-0.25, -0.2) is 0 Å². The topological polar surface area (TPSA) is 0 Å². The van der Waals surface area contributed by atoms with E-state index in [1.165, 1.54) is 74.1 Å². The van der Waals surface area contributed by atoms with Gasteiger partial charge in [0.25, 0.3) is 0 Å². The van der Waals surface area contributed by atoms with E-state index in [2.05, 4.69) is 105 Å². The van der Waals surface area contributed by atoms with Crippen LogP contribution in [0.15, 0.2) is 47.4 Å². The molecule has 0 aliphatic rings. The molecule has 0 amide bonds. The zero-order valence-electron chi connectivity index (χ0n) is 21.9. The maximum absolute atomic E-state index is 5.96. The van der Waals surface area contributed by atoms with Crippen molar-refractivity contribution in [2.45, 2.75) is 67.2 Å². The molecule has 0 aliphatic heterocycles. The van der Waals surface area contributed by atoms with E-state index in [-0.39, 0.29) is 27.4 Å². The summed E-state index contributed by atoms with van der Waals surface area (Å²) >= 11 is 5.96. The summed E-state index contributed by atoms with van der Waals surface area (Å²) in [6.07, 6.45) is 4.37. The molecule has 0 bridgehead atoms. The Bertz CT molecular complexity index is 940. The zero-order valence-corrected chi connectivity index (χ0v) is 25.5. The molecule has 0 N–H and O–H groups in total. The van der Waals surface area contributed by atoms with E-state index < -0.39 is 0 Å². The van der Waals surface area contributed by atoms with E-state index in [1.54, 1.807) is 0 Å². The van der Waals surface area contributed by atoms with Crippen molar-refractivity contribution in [3.63, 3.8) is 0 Å². The largest absolute Gasteiger partial charge is 1.00 e. The quantitative estimate of drug-likeness (QED) is 0.169. The SMILES string of the molecule is CC[PH+](CC)CC.Cc1cc(C)c(-c2cccc(-c3c(C)cc(C)cc3C)c2[S-])c(C)c1.[Ru+]. The van der Waals surface area contributed by atoms with Gasteiger partial charge in [-0.15, -0.1) is 0 Å². The first-order valence-corrected chi connectivity index (χ1v) is 14.5. The van der Waals surface area contributed by atoms with E-state index >= 15 is 0 Å². The second kappa shape index (κ2) is 13.7. The molecule has 0 atom stereocenters. The standard InChI is InChI=1S/C24H26S.C6H15P.Ru/c1-14-10-16(3)22(17(4)11-14)20-8-7-9-21(24(20)25)23-18(5)12-15(2)13-19(23)6;1-4-7(5-2)6-3;/h7-13,25H,1-6H3;4-6H2,1-3H3;/q;;+1. The van der Waals surface area contributed by atoms with Crippen LogP contribution in [0.5, 0.6) is 0 Å². The van der Waals surface area contributed by atoms with Gasteiger partial charge in [-0.2, -0.15) is 4.90 Å². The van der Waals surface area contributed by atoms with Crippen molar-refractivity contribution >= 4 is 20.6 Å². The summed E-state index contributed by atoms with van der Waals surface area (Å²) in [7, 11) is 0.137. The molecule has 0 unspecified atom stereocenters. The van der Waals surface area contributed by atoms with Gasteiger partial charge in [0, 0.05) is 0 Å². The molecule has 0 aromatic heterocycles. The fraction of sp³-hybridized carbons (Fsp3) is 0.400. The van der Waals surface area contributed by atoms with Crippen LogP contribution in [0.2, 0.25) is 0 Å². The molecule has 0 heterocycles. The molecule has 33 heavy (non-hydrogen) atoms. The maximum Gasteiger partial charge on any atom is 1.00 e. The molecule has 0 nitrogen and oxygen atoms in total. The number of hydrogen-bond donors (Lipinski definition) is 0. The second-order valence-corrected chi connectivity index (χ2v) is 13.1. The minimum absolute atomic E-state index is 0. The Morgan fingerprint density at radius 3 is 1.15 bits per heavy atom. The third-order valence-electron chi connectivity index (χ3n) is 6.41. The van der Waals surface area contributed by atoms with Crippen LogP contribution < -0.4 is 0 Å². The third-order valence-corrected chi connectivity index (χ3v) is 9.85. The number of rotatable bonds is 5. The predicted molar refractivity (Wildman–Crippen MR) is 151 cm³/mol. The van der Waals surface area contributed by atoms with Crippen molar-refractivity contribution in [1.82, 2.24) is 0 Å². The fourth-order valence-corrected chi connectivity index (χ4v) is 6.73. The predicted octanol–water partition coefficient (Wildman–Crippen LogP) is 9.03. The molecule has 3 aromatic carbocycles. The Labute approximate surface area is 222 Å². The smallest absolute Gasteiger partial charge is 0.779 e. The average Bonchev–Trinajstić information content (AvgIpc) is 2.71. The molecular weight excluding hydrogens is 524 g/mol. The summed E-state index contributed by atoms with van der Waals surface area (Å²) < 4.78 is 0. The van der Waals surface area contributed by atoms with Gasteiger partial charge in [-0.3, -0.25) is 0 Å². The Balaban J connectivity index is 0.000000595. The minimum atomic E-state index is 0. The summed E-state index contributed by atoms with van der Waals surface area (Å²) in [4.78, 5) is 0.951. The summed E-state index contributed by atoms with van der Waals surface area (Å²) in [6, 6.07) is 15.4. The monoisotopic (exact) mass is 566 g/mol. The van der Waals surface area contributed by atoms with Crippen LogP contribution in [-0.2, 0) is 32.1 Å². The van der Waals surface area contributed by atoms with Gasteiger partial charge >= 0.3 is 19.5 Å². The van der Waals surface area contributed by atoms with Gasteiger partial charge in [0.1, 0.15) is 0 Å². The molecule has 0 aliphatic carbocycles. The van der Waals surface area contributed by atoms with Crippen LogP contribution in [0.25, 0.3) is 22.3 Å². The van der Waals surface area contributed by atoms with Crippen LogP contribution in [0.3, 0.4) is 0 Å². The summed E-state index contributed by atoms with van der Waals surface area (Å²) in [5, 5.41) is 0. The molecular formula is C30H41PRuS+. The van der Waals surface area contributed by atoms with E-state index in [9.17, 15) is 0 Å². The maximum atomic E-state index is 5.96. The molecule has 179 valence electrons. The molecule has 0 fully saturated rings. The van der Waals surface area contributed by atoms with E-state index in [0.717, 1.165) is 4.90 Å². The van der Waals surface area contributed by atoms with Crippen molar-refractivity contribution in [1.29, 1.82) is 0 Å². The van der Waals surface area contributed by atoms with Crippen LogP contribution in [0, 0.1) is 41.5 Å². The van der Waals surface area contributed by atoms with Gasteiger partial charge < -0.3 is 12.6 Å². The second-order valence-electron chi connectivity index (χ2n) is 9.04. The van der Waals surface area contributed by atoms with Crippen LogP contribution in [0.1, 0.15) is 54.2 Å². The van der Waals surface area contributed by atoms with Gasteiger partial charge in [0.2, 0.25) is 0 Å². The summed E-state index contributed by atoms with van der Waals surface area (Å²) in [6.45, 7) is 19.9. The zero-order chi connectivity index (χ0) is 24.0. The van der Waals surface area contributed by atoms with Crippen LogP contribution in [-0.4, -0.2) is 18.5 Å². The first-order chi connectivity index (χ1) is 15.1. The Kier molecular flexibility index (Phi) is 12.5. The minimum Gasteiger partial charge on any atom is -0.779 e. The average molecular weight is 566 g/mol. The normalized spacial score (nSPS) is 10.5. The van der Waals surface area contributed by atoms with Gasteiger partial charge in [0.15, 0.2) is 0 Å². The van der Waals surface area contributed by atoms with Gasteiger partial charge in [-0.05, 0) is 115 Å². The van der Waals surface area contributed by atoms with Gasteiger partial charge in [0.05, 0.1) is 18.5 Å². The molecule has 0 saturated heterocycles. The molecule has 3 aromatic rings. The molecule has 3 heteroatoms. The summed E-state index contributed by atoms with van der Waals surface area (Å²) in [5.74, 6) is 0. The van der Waals surface area contributed by atoms with Crippen molar-refractivity contribution in [2.24, 2.45) is 0 Å². The fourth-order valence-electron chi connectivity index (χ4n) is 4.89. The van der Waals surface area contributed by atoms with Crippen LogP contribution >= 0.6 is 7.92 Å². The Morgan fingerprint density at radius 1 is 0.606 bits per heavy atom. The number of hydrogen-bond acceptors (Lipinski definition) is 1. The molecule has 1 radical (unpaired) electrons. The van der Waals surface area contributed by atoms with E-state index in [4.69, 9.17) is 12.6 Å². The van der Waals surface area contributed by atoms with Gasteiger partial charge in [-0.1, -0.05) is 53.6 Å². The summed E-state index contributed by atoms with van der Waals surface area (Å²) in [5.41, 5.74) is 12.6. The molecule has 0 spiro atoms. The first-order valence-electron chi connectivity index (χ1n) is 11.9. The molecule has 3 rings (SSSR count). The van der Waals surface area contributed by atoms with Crippen LogP contribution in [0.4, 0.5) is 0 Å². The Hall–Kier alpha value is -1.07. The van der Waals surface area contributed by atoms with Crippen molar-refractivity contribution in [3.8, 4) is 22.3 Å². The van der Waals surface area contributed by atoms with Crippen molar-refractivity contribution < 1.29 is 19.5 Å². The molecule has 0 saturated carbocycles. The van der Waals surface area contributed by atoms with Crippen molar-refractivity contribution in [2.75, 3.05) is 18.5 Å². The van der Waals surface area contributed by atoms with E-state index in [1.807, 2.05) is 0 Å². The van der Waals surface area contributed by atoms with E-state index in [0.29, 0.717) is 0 Å². The number of benzene rings is 3. The van der Waals surface area contributed by atoms with Crippen molar-refractivity contribution in [3.05, 3.63) is 75.8 Å². The third kappa shape index (κ3) is 7.46. The number of aryl methyl sites for hydroxylation is 6. The Morgan fingerprint density at radius 2 is 0.909 bits per heavy atom. The first kappa shape index (κ1) is 30.0.